The summed E-state index contributed by atoms with van der Waals surface area (Å²) in [5.41, 5.74) is 0.559. The largest absolute Gasteiger partial charge is 0.495 e. The van der Waals surface area contributed by atoms with Gasteiger partial charge in [0.15, 0.2) is 0 Å². The Bertz CT molecular complexity index is 604. The lowest BCUT2D eigenvalue weighted by Crippen LogP contribution is -2.48. The predicted molar refractivity (Wildman–Crippen MR) is 85.6 cm³/mol. The summed E-state index contributed by atoms with van der Waals surface area (Å²) in [6.45, 7) is 0. The van der Waals surface area contributed by atoms with Crippen molar-refractivity contribution in [3.05, 3.63) is 24.3 Å². The fourth-order valence-corrected chi connectivity index (χ4v) is 3.90. The molecule has 0 radical (unpaired) electrons. The summed E-state index contributed by atoms with van der Waals surface area (Å²) in [6.07, 6.45) is 4.61. The number of carboxylic acids is 1. The Balaban J connectivity index is 1.82. The van der Waals surface area contributed by atoms with Crippen LogP contribution in [0.4, 0.5) is 10.5 Å². The van der Waals surface area contributed by atoms with E-state index in [1.54, 1.807) is 23.1 Å². The van der Waals surface area contributed by atoms with E-state index in [1.165, 1.54) is 7.11 Å². The molecule has 1 heterocycles. The number of likely N-dealkylation sites (tertiary alicyclic amines) is 1. The van der Waals surface area contributed by atoms with Crippen LogP contribution >= 0.6 is 0 Å². The summed E-state index contributed by atoms with van der Waals surface area (Å²) in [6, 6.07) is 6.08. The third kappa shape index (κ3) is 2.98. The lowest BCUT2D eigenvalue weighted by atomic mass is 9.85. The molecule has 23 heavy (non-hydrogen) atoms. The fourth-order valence-electron chi connectivity index (χ4n) is 3.90. The fraction of sp³-hybridized carbons (Fsp3) is 0.529. The number of rotatable bonds is 3. The zero-order valence-electron chi connectivity index (χ0n) is 13.2. The van der Waals surface area contributed by atoms with Gasteiger partial charge in [-0.15, -0.1) is 0 Å². The van der Waals surface area contributed by atoms with E-state index in [9.17, 15) is 14.7 Å². The second-order valence-electron chi connectivity index (χ2n) is 6.24. The number of amides is 2. The summed E-state index contributed by atoms with van der Waals surface area (Å²) in [5.74, 6) is -0.0602. The molecule has 3 rings (SSSR count). The van der Waals surface area contributed by atoms with Gasteiger partial charge in [-0.2, -0.15) is 0 Å². The number of carbonyl (C=O) groups is 2. The van der Waals surface area contributed by atoms with Crippen molar-refractivity contribution in [2.45, 2.75) is 44.2 Å². The predicted octanol–water partition coefficient (Wildman–Crippen LogP) is 2.94. The monoisotopic (exact) mass is 318 g/mol. The van der Waals surface area contributed by atoms with Crippen molar-refractivity contribution in [2.24, 2.45) is 5.92 Å². The van der Waals surface area contributed by atoms with Crippen molar-refractivity contribution in [2.75, 3.05) is 12.4 Å². The highest BCUT2D eigenvalue weighted by Gasteiger charge is 2.47. The van der Waals surface area contributed by atoms with Crippen molar-refractivity contribution in [1.29, 1.82) is 0 Å². The van der Waals surface area contributed by atoms with E-state index < -0.39 is 12.0 Å². The molecule has 2 amide bonds. The summed E-state index contributed by atoms with van der Waals surface area (Å²) in [5, 5.41) is 12.3. The van der Waals surface area contributed by atoms with Crippen LogP contribution in [0.2, 0.25) is 0 Å². The Kier molecular flexibility index (Phi) is 4.41. The van der Waals surface area contributed by atoms with Crippen molar-refractivity contribution < 1.29 is 19.4 Å². The summed E-state index contributed by atoms with van der Waals surface area (Å²) in [7, 11) is 1.54. The van der Waals surface area contributed by atoms with E-state index >= 15 is 0 Å². The minimum absolute atomic E-state index is 0.0274. The molecular weight excluding hydrogens is 296 g/mol. The number of para-hydroxylation sites is 2. The molecule has 1 saturated carbocycles. The Morgan fingerprint density at radius 1 is 1.26 bits per heavy atom. The van der Waals surface area contributed by atoms with Gasteiger partial charge in [0.2, 0.25) is 0 Å². The average molecular weight is 318 g/mol. The zero-order valence-corrected chi connectivity index (χ0v) is 13.2. The van der Waals surface area contributed by atoms with Crippen LogP contribution in [0.1, 0.15) is 32.1 Å². The van der Waals surface area contributed by atoms with Gasteiger partial charge in [-0.05, 0) is 37.3 Å². The number of ether oxygens (including phenoxy) is 1. The number of nitrogens with one attached hydrogen (secondary N) is 1. The van der Waals surface area contributed by atoms with Gasteiger partial charge in [-0.3, -0.25) is 0 Å². The molecule has 2 fully saturated rings. The minimum Gasteiger partial charge on any atom is -0.495 e. The van der Waals surface area contributed by atoms with Crippen LogP contribution in [-0.4, -0.2) is 41.2 Å². The molecular formula is C17H22N2O4. The molecule has 2 N–H and O–H groups in total. The quantitative estimate of drug-likeness (QED) is 0.898. The topological polar surface area (TPSA) is 78.9 Å². The first-order valence-corrected chi connectivity index (χ1v) is 8.07. The number of hydrogen-bond acceptors (Lipinski definition) is 3. The molecule has 2 aliphatic rings. The first-order valence-electron chi connectivity index (χ1n) is 8.07. The van der Waals surface area contributed by atoms with Gasteiger partial charge in [0.25, 0.3) is 0 Å². The summed E-state index contributed by atoms with van der Waals surface area (Å²) < 4.78 is 5.24. The molecule has 1 aliphatic heterocycles. The normalized spacial score (nSPS) is 26.5. The SMILES string of the molecule is COc1ccccc1NC(=O)N1C(C(=O)O)CC2CCCCC21. The highest BCUT2D eigenvalue weighted by Crippen LogP contribution is 2.40. The van der Waals surface area contributed by atoms with Crippen molar-refractivity contribution in [3.63, 3.8) is 0 Å². The highest BCUT2D eigenvalue weighted by atomic mass is 16.5. The number of carboxylic acid groups (broad SMARTS) is 1. The number of methoxy groups -OCH3 is 1. The van der Waals surface area contributed by atoms with E-state index in [2.05, 4.69) is 5.32 Å². The molecule has 1 aromatic carbocycles. The first kappa shape index (κ1) is 15.6. The number of carbonyl (C=O) groups excluding carboxylic acids is 1. The van der Waals surface area contributed by atoms with Crippen molar-refractivity contribution in [1.82, 2.24) is 4.90 Å². The maximum atomic E-state index is 12.7. The Hall–Kier alpha value is -2.24. The van der Waals surface area contributed by atoms with E-state index in [4.69, 9.17) is 4.74 Å². The summed E-state index contributed by atoms with van der Waals surface area (Å²) >= 11 is 0. The molecule has 1 saturated heterocycles. The Morgan fingerprint density at radius 2 is 2.00 bits per heavy atom. The van der Waals surface area contributed by atoms with Crippen LogP contribution in [0.15, 0.2) is 24.3 Å². The molecule has 6 nitrogen and oxygen atoms in total. The molecule has 1 aromatic rings. The highest BCUT2D eigenvalue weighted by molar-refractivity contribution is 5.94. The van der Waals surface area contributed by atoms with Crippen molar-refractivity contribution in [3.8, 4) is 5.75 Å². The number of hydrogen-bond donors (Lipinski definition) is 2. The molecule has 3 unspecified atom stereocenters. The van der Waals surface area contributed by atoms with Gasteiger partial charge >= 0.3 is 12.0 Å². The van der Waals surface area contributed by atoms with Crippen LogP contribution in [0.3, 0.4) is 0 Å². The van der Waals surface area contributed by atoms with Gasteiger partial charge in [-0.25, -0.2) is 9.59 Å². The van der Waals surface area contributed by atoms with Crippen LogP contribution < -0.4 is 10.1 Å². The molecule has 0 spiro atoms. The van der Waals surface area contributed by atoms with Gasteiger partial charge in [0, 0.05) is 6.04 Å². The smallest absolute Gasteiger partial charge is 0.326 e. The molecule has 0 aromatic heterocycles. The second kappa shape index (κ2) is 6.48. The third-order valence-electron chi connectivity index (χ3n) is 4.96. The first-order chi connectivity index (χ1) is 11.1. The van der Waals surface area contributed by atoms with E-state index in [-0.39, 0.29) is 12.1 Å². The number of aliphatic carboxylic acids is 1. The van der Waals surface area contributed by atoms with Crippen LogP contribution in [0.5, 0.6) is 5.75 Å². The maximum absolute atomic E-state index is 12.7. The number of nitrogens with zero attached hydrogens (tertiary/aromatic N) is 1. The van der Waals surface area contributed by atoms with Gasteiger partial charge in [0.05, 0.1) is 12.8 Å². The number of urea groups is 1. The Morgan fingerprint density at radius 3 is 2.74 bits per heavy atom. The average Bonchev–Trinajstić information content (AvgIpc) is 2.95. The van der Waals surface area contributed by atoms with E-state index in [1.807, 2.05) is 6.07 Å². The number of fused-ring (bicyclic) bond motifs is 1. The lowest BCUT2D eigenvalue weighted by Gasteiger charge is -2.33. The van der Waals surface area contributed by atoms with E-state index in [0.717, 1.165) is 25.7 Å². The molecule has 3 atom stereocenters. The molecule has 1 aliphatic carbocycles. The van der Waals surface area contributed by atoms with Crippen LogP contribution in [0, 0.1) is 5.92 Å². The van der Waals surface area contributed by atoms with E-state index in [0.29, 0.717) is 23.8 Å². The molecule has 124 valence electrons. The standard InChI is InChI=1S/C17H22N2O4/c1-23-15-9-5-3-7-12(15)18-17(22)19-13-8-4-2-6-11(13)10-14(19)16(20)21/h3,5,7,9,11,13-14H,2,4,6,8,10H2,1H3,(H,18,22)(H,20,21). The lowest BCUT2D eigenvalue weighted by molar-refractivity contribution is -0.141. The minimum atomic E-state index is -0.922. The number of anilines is 1. The van der Waals surface area contributed by atoms with Crippen LogP contribution in [-0.2, 0) is 4.79 Å². The summed E-state index contributed by atoms with van der Waals surface area (Å²) in [4.78, 5) is 25.9. The van der Waals surface area contributed by atoms with Gasteiger partial charge in [-0.1, -0.05) is 25.0 Å². The molecule has 6 heteroatoms. The van der Waals surface area contributed by atoms with Crippen molar-refractivity contribution >= 4 is 17.7 Å². The van der Waals surface area contributed by atoms with Crippen LogP contribution in [0.25, 0.3) is 0 Å². The zero-order chi connectivity index (χ0) is 16.4. The van der Waals surface area contributed by atoms with Gasteiger partial charge < -0.3 is 20.1 Å². The second-order valence-corrected chi connectivity index (χ2v) is 6.24. The number of benzene rings is 1. The Labute approximate surface area is 135 Å². The maximum Gasteiger partial charge on any atom is 0.326 e. The molecule has 0 bridgehead atoms. The van der Waals surface area contributed by atoms with Gasteiger partial charge in [0.1, 0.15) is 11.8 Å². The third-order valence-corrected chi connectivity index (χ3v) is 4.96.